The third-order valence-electron chi connectivity index (χ3n) is 4.33. The summed E-state index contributed by atoms with van der Waals surface area (Å²) in [6.45, 7) is 9.05. The van der Waals surface area contributed by atoms with Crippen LogP contribution in [0.25, 0.3) is 17.2 Å². The first-order valence-electron chi connectivity index (χ1n) is 10.7. The lowest BCUT2D eigenvalue weighted by atomic mass is 10.0. The Morgan fingerprint density at radius 3 is 2.66 bits per heavy atom. The molecule has 1 N–H and O–H groups in total. The second-order valence-electron chi connectivity index (χ2n) is 8.31. The predicted molar refractivity (Wildman–Crippen MR) is 129 cm³/mol. The van der Waals surface area contributed by atoms with Gasteiger partial charge in [0.1, 0.15) is 11.4 Å². The SMILES string of the molecule is CCCCOc1cc(C=CC(=O)OC)ccc1-c1csc(CNCC(=O)OC(C)(C)C)c1. The van der Waals surface area contributed by atoms with E-state index in [2.05, 4.69) is 28.4 Å². The summed E-state index contributed by atoms with van der Waals surface area (Å²) in [5.41, 5.74) is 2.42. The van der Waals surface area contributed by atoms with Crippen molar-refractivity contribution in [1.82, 2.24) is 5.32 Å². The minimum atomic E-state index is -0.485. The maximum Gasteiger partial charge on any atom is 0.330 e. The van der Waals surface area contributed by atoms with Crippen LogP contribution >= 0.6 is 11.3 Å². The second-order valence-corrected chi connectivity index (χ2v) is 9.30. The molecule has 0 bridgehead atoms. The van der Waals surface area contributed by atoms with Crippen LogP contribution < -0.4 is 10.1 Å². The zero-order valence-electron chi connectivity index (χ0n) is 19.5. The number of ether oxygens (including phenoxy) is 3. The summed E-state index contributed by atoms with van der Waals surface area (Å²) in [5.74, 6) is 0.108. The van der Waals surface area contributed by atoms with Crippen molar-refractivity contribution in [2.75, 3.05) is 20.3 Å². The molecular formula is C25H33NO5S. The number of benzene rings is 1. The quantitative estimate of drug-likeness (QED) is 0.282. The van der Waals surface area contributed by atoms with E-state index in [1.165, 1.54) is 13.2 Å². The zero-order chi connectivity index (χ0) is 23.6. The number of nitrogens with one attached hydrogen (secondary N) is 1. The number of carbonyl (C=O) groups excluding carboxylic acids is 2. The first kappa shape index (κ1) is 25.6. The highest BCUT2D eigenvalue weighted by Gasteiger charge is 2.16. The number of esters is 2. The molecule has 1 aromatic heterocycles. The van der Waals surface area contributed by atoms with Crippen LogP contribution in [0.3, 0.4) is 0 Å². The lowest BCUT2D eigenvalue weighted by molar-refractivity contribution is -0.153. The molecule has 1 heterocycles. The van der Waals surface area contributed by atoms with Crippen LogP contribution in [0.5, 0.6) is 5.75 Å². The minimum Gasteiger partial charge on any atom is -0.493 e. The van der Waals surface area contributed by atoms with E-state index in [1.807, 2.05) is 39.0 Å². The fourth-order valence-corrected chi connectivity index (χ4v) is 3.69. The second kappa shape index (κ2) is 12.4. The first-order chi connectivity index (χ1) is 15.2. The van der Waals surface area contributed by atoms with Crippen LogP contribution in [0.2, 0.25) is 0 Å². The topological polar surface area (TPSA) is 73.9 Å². The van der Waals surface area contributed by atoms with Crippen LogP contribution in [0.4, 0.5) is 0 Å². The van der Waals surface area contributed by atoms with Gasteiger partial charge in [-0.2, -0.15) is 0 Å². The molecule has 0 spiro atoms. The molecule has 2 aromatic rings. The molecule has 0 aliphatic carbocycles. The molecule has 1 aromatic carbocycles. The smallest absolute Gasteiger partial charge is 0.330 e. The van der Waals surface area contributed by atoms with Gasteiger partial charge < -0.3 is 19.5 Å². The molecule has 0 saturated carbocycles. The van der Waals surface area contributed by atoms with Crippen molar-refractivity contribution in [3.05, 3.63) is 46.2 Å². The third kappa shape index (κ3) is 8.85. The number of rotatable bonds is 11. The Kier molecular flexibility index (Phi) is 9.94. The van der Waals surface area contributed by atoms with Crippen molar-refractivity contribution in [3.8, 4) is 16.9 Å². The van der Waals surface area contributed by atoms with Gasteiger partial charge in [-0.1, -0.05) is 25.5 Å². The highest BCUT2D eigenvalue weighted by molar-refractivity contribution is 7.10. The first-order valence-corrected chi connectivity index (χ1v) is 11.6. The van der Waals surface area contributed by atoms with Crippen LogP contribution in [0.1, 0.15) is 51.0 Å². The standard InChI is InChI=1S/C25H33NO5S/c1-6-7-12-30-22-13-18(9-11-23(27)29-5)8-10-21(22)19-14-20(32-17-19)15-26-16-24(28)31-25(2,3)4/h8-11,13-14,17,26H,6-7,12,15-16H2,1-5H3. The number of hydrogen-bond acceptors (Lipinski definition) is 7. The molecule has 0 radical (unpaired) electrons. The summed E-state index contributed by atoms with van der Waals surface area (Å²) < 4.78 is 16.0. The Bertz CT molecular complexity index is 927. The summed E-state index contributed by atoms with van der Waals surface area (Å²) in [6.07, 6.45) is 5.11. The van der Waals surface area contributed by atoms with Crippen LogP contribution in [0, 0.1) is 0 Å². The van der Waals surface area contributed by atoms with Gasteiger partial charge in [-0.15, -0.1) is 11.3 Å². The van der Waals surface area contributed by atoms with Crippen molar-refractivity contribution in [3.63, 3.8) is 0 Å². The fraction of sp³-hybridized carbons (Fsp3) is 0.440. The largest absolute Gasteiger partial charge is 0.493 e. The molecule has 0 aliphatic rings. The van der Waals surface area contributed by atoms with Crippen LogP contribution in [0.15, 0.2) is 35.7 Å². The van der Waals surface area contributed by atoms with E-state index in [-0.39, 0.29) is 12.5 Å². The van der Waals surface area contributed by atoms with Crippen molar-refractivity contribution < 1.29 is 23.8 Å². The van der Waals surface area contributed by atoms with E-state index in [0.29, 0.717) is 13.2 Å². The summed E-state index contributed by atoms with van der Waals surface area (Å²) in [4.78, 5) is 24.4. The third-order valence-corrected chi connectivity index (χ3v) is 5.26. The van der Waals surface area contributed by atoms with Gasteiger partial charge in [-0.05, 0) is 61.9 Å². The van der Waals surface area contributed by atoms with Crippen molar-refractivity contribution in [1.29, 1.82) is 0 Å². The Hall–Kier alpha value is -2.64. The number of carbonyl (C=O) groups is 2. The Balaban J connectivity index is 2.10. The van der Waals surface area contributed by atoms with Gasteiger partial charge >= 0.3 is 11.9 Å². The molecule has 0 amide bonds. The van der Waals surface area contributed by atoms with Crippen LogP contribution in [-0.4, -0.2) is 37.8 Å². The van der Waals surface area contributed by atoms with E-state index in [4.69, 9.17) is 9.47 Å². The van der Waals surface area contributed by atoms with E-state index in [0.717, 1.165) is 40.2 Å². The van der Waals surface area contributed by atoms with Crippen molar-refractivity contribution >= 4 is 29.4 Å². The summed E-state index contributed by atoms with van der Waals surface area (Å²) in [6, 6.07) is 7.97. The predicted octanol–water partition coefficient (Wildman–Crippen LogP) is 5.21. The number of thiophene rings is 1. The Morgan fingerprint density at radius 2 is 1.97 bits per heavy atom. The van der Waals surface area contributed by atoms with E-state index in [9.17, 15) is 9.59 Å². The molecule has 0 atom stereocenters. The maximum atomic E-state index is 11.9. The van der Waals surface area contributed by atoms with Gasteiger partial charge in [0, 0.05) is 23.1 Å². The molecule has 7 heteroatoms. The van der Waals surface area contributed by atoms with Gasteiger partial charge in [0.15, 0.2) is 0 Å². The fourth-order valence-electron chi connectivity index (χ4n) is 2.84. The summed E-state index contributed by atoms with van der Waals surface area (Å²) in [7, 11) is 1.35. The molecule has 0 fully saturated rings. The normalized spacial score (nSPS) is 11.5. The number of hydrogen-bond donors (Lipinski definition) is 1. The maximum absolute atomic E-state index is 11.9. The Morgan fingerprint density at radius 1 is 1.19 bits per heavy atom. The van der Waals surface area contributed by atoms with Crippen molar-refractivity contribution in [2.24, 2.45) is 0 Å². The summed E-state index contributed by atoms with van der Waals surface area (Å²) >= 11 is 1.62. The van der Waals surface area contributed by atoms with E-state index in [1.54, 1.807) is 17.4 Å². The number of methoxy groups -OCH3 is 1. The highest BCUT2D eigenvalue weighted by atomic mass is 32.1. The monoisotopic (exact) mass is 459 g/mol. The average molecular weight is 460 g/mol. The van der Waals surface area contributed by atoms with Gasteiger partial charge in [0.25, 0.3) is 0 Å². The molecule has 32 heavy (non-hydrogen) atoms. The minimum absolute atomic E-state index is 0.164. The van der Waals surface area contributed by atoms with Gasteiger partial charge in [-0.25, -0.2) is 4.79 Å². The van der Waals surface area contributed by atoms with Gasteiger partial charge in [0.05, 0.1) is 20.3 Å². The lowest BCUT2D eigenvalue weighted by Crippen LogP contribution is -2.31. The van der Waals surface area contributed by atoms with E-state index < -0.39 is 11.6 Å². The van der Waals surface area contributed by atoms with Crippen LogP contribution in [-0.2, 0) is 25.6 Å². The van der Waals surface area contributed by atoms with E-state index >= 15 is 0 Å². The lowest BCUT2D eigenvalue weighted by Gasteiger charge is -2.19. The molecule has 0 saturated heterocycles. The Labute approximate surface area is 194 Å². The molecule has 174 valence electrons. The molecular weight excluding hydrogens is 426 g/mol. The number of unbranched alkanes of at least 4 members (excludes halogenated alkanes) is 1. The van der Waals surface area contributed by atoms with Crippen molar-refractivity contribution in [2.45, 2.75) is 52.7 Å². The highest BCUT2D eigenvalue weighted by Crippen LogP contribution is 2.34. The van der Waals surface area contributed by atoms with Gasteiger partial charge in [-0.3, -0.25) is 4.79 Å². The molecule has 2 rings (SSSR count). The average Bonchev–Trinajstić information content (AvgIpc) is 3.19. The summed E-state index contributed by atoms with van der Waals surface area (Å²) in [5, 5.41) is 5.22. The molecule has 0 unspecified atom stereocenters. The molecule has 0 aliphatic heterocycles. The molecule has 6 nitrogen and oxygen atoms in total. The zero-order valence-corrected chi connectivity index (χ0v) is 20.3. The van der Waals surface area contributed by atoms with Gasteiger partial charge in [0.2, 0.25) is 0 Å².